The minimum atomic E-state index is 0.0920. The number of nitrogens with zero attached hydrogens (tertiary/aromatic N) is 1. The predicted molar refractivity (Wildman–Crippen MR) is 73.5 cm³/mol. The number of likely N-dealkylation sites (tertiary alicyclic amines) is 1. The normalized spacial score (nSPS) is 29.4. The van der Waals surface area contributed by atoms with Crippen molar-refractivity contribution >= 4 is 17.2 Å². The van der Waals surface area contributed by atoms with Gasteiger partial charge in [0.1, 0.15) is 0 Å². The molecule has 1 saturated heterocycles. The van der Waals surface area contributed by atoms with Gasteiger partial charge in [0.15, 0.2) is 0 Å². The molecule has 1 aromatic rings. The fourth-order valence-corrected chi connectivity index (χ4v) is 4.03. The summed E-state index contributed by atoms with van der Waals surface area (Å²) in [7, 11) is 0. The maximum atomic E-state index is 12.3. The summed E-state index contributed by atoms with van der Waals surface area (Å²) in [5.74, 6) is 0.309. The highest BCUT2D eigenvalue weighted by Gasteiger charge is 2.42. The molecule has 2 atom stereocenters. The molecule has 4 heteroatoms. The third-order valence-corrected chi connectivity index (χ3v) is 5.12. The van der Waals surface area contributed by atoms with Crippen LogP contribution in [-0.4, -0.2) is 22.9 Å². The summed E-state index contributed by atoms with van der Waals surface area (Å²) in [6.45, 7) is 2.12. The molecule has 18 heavy (non-hydrogen) atoms. The molecule has 2 fully saturated rings. The van der Waals surface area contributed by atoms with Gasteiger partial charge in [0, 0.05) is 23.4 Å². The lowest BCUT2D eigenvalue weighted by Crippen LogP contribution is -2.43. The lowest BCUT2D eigenvalue weighted by molar-refractivity contribution is -0.133. The number of carbonyl (C=O) groups excluding carboxylic acids is 1. The molecular weight excluding hydrogens is 244 g/mol. The maximum Gasteiger partial charge on any atom is 0.223 e. The highest BCUT2D eigenvalue weighted by Crippen LogP contribution is 2.41. The van der Waals surface area contributed by atoms with Gasteiger partial charge in [-0.25, -0.2) is 0 Å². The Kier molecular flexibility index (Phi) is 3.16. The van der Waals surface area contributed by atoms with Gasteiger partial charge in [0.25, 0.3) is 0 Å². The van der Waals surface area contributed by atoms with Crippen LogP contribution in [0.1, 0.15) is 48.6 Å². The SMILES string of the molecule is Cc1ccsc1C1C(N)CCCC(=O)N1C1CC1. The van der Waals surface area contributed by atoms with Gasteiger partial charge in [-0.05, 0) is 49.6 Å². The number of thiophene rings is 1. The van der Waals surface area contributed by atoms with Gasteiger partial charge in [-0.15, -0.1) is 11.3 Å². The molecule has 0 spiro atoms. The number of carbonyl (C=O) groups is 1. The zero-order valence-electron chi connectivity index (χ0n) is 10.8. The van der Waals surface area contributed by atoms with Gasteiger partial charge >= 0.3 is 0 Å². The van der Waals surface area contributed by atoms with Crippen LogP contribution in [0.5, 0.6) is 0 Å². The highest BCUT2D eigenvalue weighted by molar-refractivity contribution is 7.10. The van der Waals surface area contributed by atoms with Crippen molar-refractivity contribution in [3.63, 3.8) is 0 Å². The number of rotatable bonds is 2. The van der Waals surface area contributed by atoms with Crippen LogP contribution >= 0.6 is 11.3 Å². The third kappa shape index (κ3) is 2.08. The largest absolute Gasteiger partial charge is 0.330 e. The molecule has 1 saturated carbocycles. The van der Waals surface area contributed by atoms with Gasteiger partial charge < -0.3 is 10.6 Å². The second-order valence-corrected chi connectivity index (χ2v) is 6.45. The second kappa shape index (κ2) is 4.67. The maximum absolute atomic E-state index is 12.3. The van der Waals surface area contributed by atoms with E-state index in [2.05, 4.69) is 23.3 Å². The summed E-state index contributed by atoms with van der Waals surface area (Å²) in [6, 6.07) is 2.79. The Morgan fingerprint density at radius 1 is 1.39 bits per heavy atom. The van der Waals surface area contributed by atoms with E-state index in [1.54, 1.807) is 11.3 Å². The zero-order valence-corrected chi connectivity index (χ0v) is 11.6. The molecular formula is C14H20N2OS. The lowest BCUT2D eigenvalue weighted by Gasteiger charge is -2.33. The monoisotopic (exact) mass is 264 g/mol. The Morgan fingerprint density at radius 2 is 2.17 bits per heavy atom. The van der Waals surface area contributed by atoms with E-state index in [-0.39, 0.29) is 12.1 Å². The van der Waals surface area contributed by atoms with Crippen LogP contribution in [0.15, 0.2) is 11.4 Å². The van der Waals surface area contributed by atoms with E-state index in [0.717, 1.165) is 25.7 Å². The van der Waals surface area contributed by atoms with E-state index >= 15 is 0 Å². The first kappa shape index (κ1) is 12.2. The molecule has 2 aliphatic rings. The molecule has 1 aliphatic heterocycles. The Hall–Kier alpha value is -0.870. The first-order valence-electron chi connectivity index (χ1n) is 6.79. The van der Waals surface area contributed by atoms with E-state index in [1.807, 2.05) is 0 Å². The van der Waals surface area contributed by atoms with Crippen LogP contribution in [0.25, 0.3) is 0 Å². The number of amides is 1. The van der Waals surface area contributed by atoms with E-state index in [4.69, 9.17) is 5.73 Å². The van der Waals surface area contributed by atoms with Gasteiger partial charge in [-0.2, -0.15) is 0 Å². The van der Waals surface area contributed by atoms with Crippen molar-refractivity contribution in [2.75, 3.05) is 0 Å². The van der Waals surface area contributed by atoms with E-state index < -0.39 is 0 Å². The predicted octanol–water partition coefficient (Wildman–Crippen LogP) is 2.60. The Morgan fingerprint density at radius 3 is 2.78 bits per heavy atom. The fraction of sp³-hybridized carbons (Fsp3) is 0.643. The molecule has 3 nitrogen and oxygen atoms in total. The smallest absolute Gasteiger partial charge is 0.223 e. The highest BCUT2D eigenvalue weighted by atomic mass is 32.1. The van der Waals surface area contributed by atoms with Crippen molar-refractivity contribution in [1.82, 2.24) is 4.90 Å². The fourth-order valence-electron chi connectivity index (χ4n) is 2.93. The van der Waals surface area contributed by atoms with Crippen LogP contribution < -0.4 is 5.73 Å². The first-order valence-corrected chi connectivity index (χ1v) is 7.67. The van der Waals surface area contributed by atoms with Gasteiger partial charge in [0.05, 0.1) is 6.04 Å². The van der Waals surface area contributed by atoms with Crippen LogP contribution in [-0.2, 0) is 4.79 Å². The summed E-state index contributed by atoms with van der Waals surface area (Å²) < 4.78 is 0. The number of hydrogen-bond acceptors (Lipinski definition) is 3. The molecule has 1 aliphatic carbocycles. The molecule has 0 bridgehead atoms. The summed E-state index contributed by atoms with van der Waals surface area (Å²) in [6.07, 6.45) is 4.87. The van der Waals surface area contributed by atoms with Crippen molar-refractivity contribution < 1.29 is 4.79 Å². The van der Waals surface area contributed by atoms with Crippen molar-refractivity contribution in [3.05, 3.63) is 21.9 Å². The van der Waals surface area contributed by atoms with E-state index in [9.17, 15) is 4.79 Å². The van der Waals surface area contributed by atoms with Crippen LogP contribution in [0.2, 0.25) is 0 Å². The van der Waals surface area contributed by atoms with E-state index in [1.165, 1.54) is 10.4 Å². The van der Waals surface area contributed by atoms with E-state index in [0.29, 0.717) is 18.4 Å². The Bertz CT molecular complexity index is 452. The van der Waals surface area contributed by atoms with Crippen molar-refractivity contribution in [2.24, 2.45) is 5.73 Å². The van der Waals surface area contributed by atoms with Gasteiger partial charge in [-0.3, -0.25) is 4.79 Å². The number of hydrogen-bond donors (Lipinski definition) is 1. The van der Waals surface area contributed by atoms with Crippen LogP contribution in [0.3, 0.4) is 0 Å². The number of nitrogens with two attached hydrogens (primary N) is 1. The zero-order chi connectivity index (χ0) is 12.7. The van der Waals surface area contributed by atoms with Gasteiger partial charge in [-0.1, -0.05) is 0 Å². The molecule has 0 radical (unpaired) electrons. The summed E-state index contributed by atoms with van der Waals surface area (Å²) in [5, 5.41) is 2.11. The summed E-state index contributed by atoms with van der Waals surface area (Å²) >= 11 is 1.75. The molecule has 98 valence electrons. The topological polar surface area (TPSA) is 46.3 Å². The molecule has 2 unspecified atom stereocenters. The Balaban J connectivity index is 1.99. The molecule has 1 aromatic heterocycles. The summed E-state index contributed by atoms with van der Waals surface area (Å²) in [4.78, 5) is 15.7. The minimum absolute atomic E-state index is 0.0920. The van der Waals surface area contributed by atoms with Crippen LogP contribution in [0.4, 0.5) is 0 Å². The van der Waals surface area contributed by atoms with Crippen molar-refractivity contribution in [2.45, 2.75) is 57.2 Å². The first-order chi connectivity index (χ1) is 8.68. The van der Waals surface area contributed by atoms with Crippen molar-refractivity contribution in [3.8, 4) is 0 Å². The quantitative estimate of drug-likeness (QED) is 0.892. The molecule has 2 N–H and O–H groups in total. The molecule has 3 rings (SSSR count). The third-order valence-electron chi connectivity index (χ3n) is 4.03. The molecule has 2 heterocycles. The molecule has 0 aromatic carbocycles. The lowest BCUT2D eigenvalue weighted by atomic mass is 10.0. The average molecular weight is 264 g/mol. The van der Waals surface area contributed by atoms with Crippen molar-refractivity contribution in [1.29, 1.82) is 0 Å². The van der Waals surface area contributed by atoms with Gasteiger partial charge in [0.2, 0.25) is 5.91 Å². The average Bonchev–Trinajstić information content (AvgIpc) is 3.09. The molecule has 1 amide bonds. The number of aryl methyl sites for hydroxylation is 1. The minimum Gasteiger partial charge on any atom is -0.330 e. The second-order valence-electron chi connectivity index (χ2n) is 5.50. The summed E-state index contributed by atoms with van der Waals surface area (Å²) in [5.41, 5.74) is 7.65. The standard InChI is InChI=1S/C14H20N2OS/c1-9-7-8-18-14(9)13-11(15)3-2-4-12(17)16(13)10-5-6-10/h7-8,10-11,13H,2-6,15H2,1H3. The van der Waals surface area contributed by atoms with Crippen LogP contribution in [0, 0.1) is 6.92 Å². The Labute approximate surface area is 112 Å².